The molecule has 1 fully saturated rings. The van der Waals surface area contributed by atoms with Crippen LogP contribution in [0, 0.1) is 6.92 Å². The average molecular weight is 394 g/mol. The van der Waals surface area contributed by atoms with Gasteiger partial charge in [-0.25, -0.2) is 4.98 Å². The Labute approximate surface area is 167 Å². The quantitative estimate of drug-likeness (QED) is 0.731. The van der Waals surface area contributed by atoms with E-state index in [1.165, 1.54) is 0 Å². The Balaban J connectivity index is 1.79. The lowest BCUT2D eigenvalue weighted by atomic mass is 10.0. The van der Waals surface area contributed by atoms with Gasteiger partial charge in [0.15, 0.2) is 0 Å². The minimum absolute atomic E-state index is 0.136. The molecule has 1 aliphatic heterocycles. The summed E-state index contributed by atoms with van der Waals surface area (Å²) in [5, 5.41) is 7.43. The Morgan fingerprint density at radius 2 is 2.07 bits per heavy atom. The van der Waals surface area contributed by atoms with Crippen molar-refractivity contribution in [1.29, 1.82) is 0 Å². The van der Waals surface area contributed by atoms with Crippen LogP contribution >= 0.6 is 0 Å². The van der Waals surface area contributed by atoms with Gasteiger partial charge in [0.1, 0.15) is 11.4 Å². The highest BCUT2D eigenvalue weighted by Crippen LogP contribution is 2.38. The molecule has 1 saturated heterocycles. The first-order chi connectivity index (χ1) is 14.0. The van der Waals surface area contributed by atoms with Gasteiger partial charge in [-0.05, 0) is 38.0 Å². The van der Waals surface area contributed by atoms with Crippen molar-refractivity contribution >= 4 is 22.9 Å². The predicted molar refractivity (Wildman–Crippen MR) is 106 cm³/mol. The van der Waals surface area contributed by atoms with Gasteiger partial charge in [0, 0.05) is 19.3 Å². The van der Waals surface area contributed by atoms with Crippen molar-refractivity contribution in [3.05, 3.63) is 52.8 Å². The van der Waals surface area contributed by atoms with E-state index < -0.39 is 0 Å². The van der Waals surface area contributed by atoms with Gasteiger partial charge in [0.25, 0.3) is 17.5 Å². The zero-order valence-electron chi connectivity index (χ0n) is 16.6. The van der Waals surface area contributed by atoms with E-state index in [1.54, 1.807) is 44.2 Å². The van der Waals surface area contributed by atoms with Crippen molar-refractivity contribution < 1.29 is 18.8 Å². The molecular weight excluding hydrogens is 372 g/mol. The summed E-state index contributed by atoms with van der Waals surface area (Å²) in [6, 6.07) is 8.55. The molecule has 1 N–H and O–H groups in total. The highest BCUT2D eigenvalue weighted by atomic mass is 16.5. The number of fused-ring (bicyclic) bond motifs is 1. The monoisotopic (exact) mass is 394 g/mol. The lowest BCUT2D eigenvalue weighted by molar-refractivity contribution is 0.0728. The fourth-order valence-corrected chi connectivity index (χ4v) is 3.91. The van der Waals surface area contributed by atoms with Crippen LogP contribution in [0.5, 0.6) is 5.75 Å². The number of pyridine rings is 1. The number of hydrogen-bond acceptors (Lipinski definition) is 6. The fourth-order valence-electron chi connectivity index (χ4n) is 3.91. The second-order valence-electron chi connectivity index (χ2n) is 7.00. The van der Waals surface area contributed by atoms with E-state index in [-0.39, 0.29) is 17.9 Å². The summed E-state index contributed by atoms with van der Waals surface area (Å²) in [5.41, 5.74) is 2.47. The number of nitrogens with one attached hydrogen (secondary N) is 1. The van der Waals surface area contributed by atoms with Crippen molar-refractivity contribution in [3.8, 4) is 5.75 Å². The summed E-state index contributed by atoms with van der Waals surface area (Å²) in [5.74, 6) is 0.143. The summed E-state index contributed by atoms with van der Waals surface area (Å²) < 4.78 is 10.8. The number of carbonyl (C=O) groups excluding carboxylic acids is 2. The molecule has 8 heteroatoms. The third-order valence-electron chi connectivity index (χ3n) is 5.24. The molecule has 0 spiro atoms. The molecule has 0 aliphatic carbocycles. The van der Waals surface area contributed by atoms with Crippen LogP contribution in [0.2, 0.25) is 0 Å². The topological polar surface area (TPSA) is 97.6 Å². The molecule has 4 rings (SSSR count). The minimum atomic E-state index is -0.304. The number of methoxy groups -OCH3 is 1. The van der Waals surface area contributed by atoms with Gasteiger partial charge in [-0.1, -0.05) is 17.3 Å². The maximum atomic E-state index is 13.3. The molecule has 0 radical (unpaired) electrons. The number of nitrogens with zero attached hydrogens (tertiary/aromatic N) is 3. The molecule has 1 atom stereocenters. The molecule has 8 nitrogen and oxygen atoms in total. The highest BCUT2D eigenvalue weighted by Gasteiger charge is 2.36. The van der Waals surface area contributed by atoms with Crippen molar-refractivity contribution in [2.45, 2.75) is 25.8 Å². The third kappa shape index (κ3) is 3.20. The molecule has 2 amide bonds. The molecule has 2 aromatic heterocycles. The lowest BCUT2D eigenvalue weighted by Gasteiger charge is -2.24. The standard InChI is InChI=1S/C21H22N4O4/c1-12-11-14(19(26)22-2)17-18(24-29-20(17)23-12)15-8-6-10-25(15)21(27)13-7-4-5-9-16(13)28-3/h4-5,7,9,11,15H,6,8,10H2,1-3H3,(H,22,26). The van der Waals surface area contributed by atoms with Crippen molar-refractivity contribution in [2.75, 3.05) is 20.7 Å². The molecule has 0 saturated carbocycles. The van der Waals surface area contributed by atoms with Gasteiger partial charge >= 0.3 is 0 Å². The minimum Gasteiger partial charge on any atom is -0.496 e. The molecule has 3 aromatic rings. The van der Waals surface area contributed by atoms with E-state index in [0.717, 1.165) is 12.8 Å². The summed E-state index contributed by atoms with van der Waals surface area (Å²) in [7, 11) is 3.12. The number of hydrogen-bond donors (Lipinski definition) is 1. The predicted octanol–water partition coefficient (Wildman–Crippen LogP) is 2.88. The smallest absolute Gasteiger partial charge is 0.259 e. The van der Waals surface area contributed by atoms with Gasteiger partial charge in [0.05, 0.1) is 29.7 Å². The number of amides is 2. The Morgan fingerprint density at radius 3 is 2.83 bits per heavy atom. The van der Waals surface area contributed by atoms with E-state index >= 15 is 0 Å². The van der Waals surface area contributed by atoms with Gasteiger partial charge in [-0.15, -0.1) is 0 Å². The average Bonchev–Trinajstić information content (AvgIpc) is 3.38. The molecule has 3 heterocycles. The number of aromatic nitrogens is 2. The molecule has 1 aliphatic rings. The lowest BCUT2D eigenvalue weighted by Crippen LogP contribution is -2.31. The van der Waals surface area contributed by atoms with Crippen molar-refractivity contribution in [1.82, 2.24) is 20.4 Å². The van der Waals surface area contributed by atoms with Crippen LogP contribution in [0.3, 0.4) is 0 Å². The zero-order valence-corrected chi connectivity index (χ0v) is 16.6. The van der Waals surface area contributed by atoms with Crippen LogP contribution in [-0.2, 0) is 0 Å². The largest absolute Gasteiger partial charge is 0.496 e. The van der Waals surface area contributed by atoms with Crippen molar-refractivity contribution in [3.63, 3.8) is 0 Å². The van der Waals surface area contributed by atoms with E-state index in [9.17, 15) is 9.59 Å². The normalized spacial score (nSPS) is 16.2. The molecule has 1 aromatic carbocycles. The summed E-state index contributed by atoms with van der Waals surface area (Å²) in [6.45, 7) is 2.38. The third-order valence-corrected chi connectivity index (χ3v) is 5.24. The first kappa shape index (κ1) is 18.9. The maximum Gasteiger partial charge on any atom is 0.259 e. The molecule has 1 unspecified atom stereocenters. The highest BCUT2D eigenvalue weighted by molar-refractivity contribution is 6.06. The van der Waals surface area contributed by atoms with E-state index in [4.69, 9.17) is 9.26 Å². The Hall–Kier alpha value is -3.42. The van der Waals surface area contributed by atoms with Crippen LogP contribution in [-0.4, -0.2) is 47.6 Å². The van der Waals surface area contributed by atoms with E-state index in [0.29, 0.717) is 45.9 Å². The number of rotatable bonds is 4. The molecule has 150 valence electrons. The van der Waals surface area contributed by atoms with Crippen LogP contribution < -0.4 is 10.1 Å². The Bertz CT molecular complexity index is 1090. The first-order valence-corrected chi connectivity index (χ1v) is 9.48. The van der Waals surface area contributed by atoms with E-state index in [1.807, 2.05) is 12.1 Å². The summed E-state index contributed by atoms with van der Waals surface area (Å²) >= 11 is 0. The van der Waals surface area contributed by atoms with Crippen LogP contribution in [0.25, 0.3) is 11.1 Å². The Kier molecular flexibility index (Phi) is 4.92. The number of ether oxygens (including phenoxy) is 1. The molecule has 29 heavy (non-hydrogen) atoms. The molecular formula is C21H22N4O4. The zero-order chi connectivity index (χ0) is 20.5. The number of aryl methyl sites for hydroxylation is 1. The number of para-hydroxylation sites is 1. The Morgan fingerprint density at radius 1 is 1.28 bits per heavy atom. The summed E-state index contributed by atoms with van der Waals surface area (Å²) in [6.07, 6.45) is 1.55. The SMILES string of the molecule is CNC(=O)c1cc(C)nc2onc(C3CCCN3C(=O)c3ccccc3OC)c12. The van der Waals surface area contributed by atoms with Gasteiger partial charge in [-0.3, -0.25) is 9.59 Å². The van der Waals surface area contributed by atoms with Crippen LogP contribution in [0.1, 0.15) is 51.0 Å². The van der Waals surface area contributed by atoms with Crippen molar-refractivity contribution in [2.24, 2.45) is 0 Å². The maximum absolute atomic E-state index is 13.3. The second kappa shape index (κ2) is 7.54. The second-order valence-corrected chi connectivity index (χ2v) is 7.00. The fraction of sp³-hybridized carbons (Fsp3) is 0.333. The van der Waals surface area contributed by atoms with E-state index in [2.05, 4.69) is 15.5 Å². The number of likely N-dealkylation sites (tertiary alicyclic amines) is 1. The molecule has 0 bridgehead atoms. The van der Waals surface area contributed by atoms with Gasteiger partial charge < -0.3 is 19.5 Å². The first-order valence-electron chi connectivity index (χ1n) is 9.48. The van der Waals surface area contributed by atoms with Gasteiger partial charge in [0.2, 0.25) is 0 Å². The number of benzene rings is 1. The van der Waals surface area contributed by atoms with Crippen LogP contribution in [0.15, 0.2) is 34.9 Å². The summed E-state index contributed by atoms with van der Waals surface area (Å²) in [4.78, 5) is 31.9. The number of carbonyl (C=O) groups is 2. The van der Waals surface area contributed by atoms with Crippen LogP contribution in [0.4, 0.5) is 0 Å². The van der Waals surface area contributed by atoms with Gasteiger partial charge in [-0.2, -0.15) is 0 Å².